The molecule has 33 heavy (non-hydrogen) atoms. The van der Waals surface area contributed by atoms with Crippen LogP contribution < -0.4 is 11.5 Å². The first-order valence-corrected chi connectivity index (χ1v) is 11.8. The Morgan fingerprint density at radius 2 is 1.52 bits per heavy atom. The number of unbranched alkanes of at least 4 members (excludes halogenated alkanes) is 2. The molecule has 0 saturated heterocycles. The van der Waals surface area contributed by atoms with E-state index in [0.29, 0.717) is 0 Å². The molecule has 0 spiro atoms. The Morgan fingerprint density at radius 3 is 2.27 bits per heavy atom. The topological polar surface area (TPSA) is 94.9 Å². The number of hydrogen-bond donors (Lipinski definition) is 2. The van der Waals surface area contributed by atoms with E-state index in [1.165, 1.54) is 66.5 Å². The standard InChI is InChI=1S/C18H16.C9H14N2.CH4N2O/c1-3-7-15-13(5-1)9-11-18-16-8-4-2-6-14(16)10-12-17(15)18;1-2-3-4-6-9-10-7-5-8-11-9;2-1(3)4/h1,3,5,7,9-12H,2,4,6,8H2;5,7-8H,2-4,6H2,1H3;(H4,2,3,4). The number of urea groups is 1. The van der Waals surface area contributed by atoms with Gasteiger partial charge in [-0.3, -0.25) is 0 Å². The van der Waals surface area contributed by atoms with Crippen LogP contribution in [-0.2, 0) is 19.3 Å². The lowest BCUT2D eigenvalue weighted by molar-refractivity contribution is 0.256. The summed E-state index contributed by atoms with van der Waals surface area (Å²) >= 11 is 0. The summed E-state index contributed by atoms with van der Waals surface area (Å²) in [5.41, 5.74) is 11.7. The molecule has 0 radical (unpaired) electrons. The van der Waals surface area contributed by atoms with Crippen molar-refractivity contribution in [2.24, 2.45) is 11.5 Å². The average Bonchev–Trinajstić information content (AvgIpc) is 2.84. The van der Waals surface area contributed by atoms with E-state index in [1.807, 2.05) is 6.07 Å². The lowest BCUT2D eigenvalue weighted by Gasteiger charge is -2.18. The van der Waals surface area contributed by atoms with Crippen molar-refractivity contribution in [1.82, 2.24) is 9.97 Å². The Balaban J connectivity index is 0.000000175. The van der Waals surface area contributed by atoms with Crippen LogP contribution in [0.3, 0.4) is 0 Å². The molecule has 0 bridgehead atoms. The summed E-state index contributed by atoms with van der Waals surface area (Å²) in [6, 6.07) is 19.0. The fraction of sp³-hybridized carbons (Fsp3) is 0.321. The molecule has 1 aliphatic rings. The molecule has 0 fully saturated rings. The maximum Gasteiger partial charge on any atom is 0.309 e. The molecule has 4 N–H and O–H groups in total. The first-order chi connectivity index (χ1) is 16.1. The number of aryl methyl sites for hydroxylation is 3. The summed E-state index contributed by atoms with van der Waals surface area (Å²) in [6.45, 7) is 2.20. The van der Waals surface area contributed by atoms with E-state index in [2.05, 4.69) is 76.9 Å². The number of benzene rings is 3. The van der Waals surface area contributed by atoms with Crippen LogP contribution in [0.2, 0.25) is 0 Å². The number of carbonyl (C=O) groups is 1. The van der Waals surface area contributed by atoms with E-state index in [0.717, 1.165) is 12.2 Å². The summed E-state index contributed by atoms with van der Waals surface area (Å²) in [7, 11) is 0. The summed E-state index contributed by atoms with van der Waals surface area (Å²) in [6.07, 6.45) is 13.6. The highest BCUT2D eigenvalue weighted by Crippen LogP contribution is 2.33. The van der Waals surface area contributed by atoms with Crippen LogP contribution in [0.4, 0.5) is 4.79 Å². The zero-order valence-corrected chi connectivity index (χ0v) is 19.5. The van der Waals surface area contributed by atoms with Gasteiger partial charge in [-0.15, -0.1) is 0 Å². The van der Waals surface area contributed by atoms with E-state index in [4.69, 9.17) is 4.79 Å². The first kappa shape index (κ1) is 24.2. The second kappa shape index (κ2) is 12.5. The minimum atomic E-state index is -0.833. The molecule has 0 unspecified atom stereocenters. The maximum atomic E-state index is 9.00. The highest BCUT2D eigenvalue weighted by atomic mass is 16.2. The number of fused-ring (bicyclic) bond motifs is 5. The third-order valence-electron chi connectivity index (χ3n) is 5.88. The normalized spacial score (nSPS) is 12.2. The highest BCUT2D eigenvalue weighted by molar-refractivity contribution is 6.08. The zero-order chi connectivity index (χ0) is 23.5. The number of primary amides is 2. The number of carbonyl (C=O) groups excluding carboxylic acids is 1. The molecule has 172 valence electrons. The average molecular weight is 443 g/mol. The van der Waals surface area contributed by atoms with Crippen LogP contribution in [0.25, 0.3) is 21.5 Å². The lowest BCUT2D eigenvalue weighted by atomic mass is 9.86. The third-order valence-corrected chi connectivity index (χ3v) is 5.88. The summed E-state index contributed by atoms with van der Waals surface area (Å²) < 4.78 is 0. The minimum Gasteiger partial charge on any atom is -0.352 e. The van der Waals surface area contributed by atoms with Gasteiger partial charge < -0.3 is 11.5 Å². The Labute approximate surface area is 196 Å². The van der Waals surface area contributed by atoms with Gasteiger partial charge in [-0.25, -0.2) is 14.8 Å². The summed E-state index contributed by atoms with van der Waals surface area (Å²) in [5.74, 6) is 0.973. The maximum absolute atomic E-state index is 9.00. The Hall–Kier alpha value is -3.47. The van der Waals surface area contributed by atoms with E-state index in [-0.39, 0.29) is 0 Å². The van der Waals surface area contributed by atoms with Crippen molar-refractivity contribution in [2.45, 2.75) is 58.3 Å². The van der Waals surface area contributed by atoms with Crippen LogP contribution >= 0.6 is 0 Å². The number of amides is 2. The molecule has 0 atom stereocenters. The monoisotopic (exact) mass is 442 g/mol. The summed E-state index contributed by atoms with van der Waals surface area (Å²) in [5, 5.41) is 5.64. The molecule has 5 heteroatoms. The number of rotatable bonds is 4. The third kappa shape index (κ3) is 7.01. The number of nitrogens with two attached hydrogens (primary N) is 2. The van der Waals surface area contributed by atoms with Gasteiger partial charge >= 0.3 is 6.03 Å². The Bertz CT molecular complexity index is 1170. The molecule has 5 nitrogen and oxygen atoms in total. The Kier molecular flexibility index (Phi) is 9.19. The first-order valence-electron chi connectivity index (χ1n) is 11.8. The Morgan fingerprint density at radius 1 is 0.818 bits per heavy atom. The zero-order valence-electron chi connectivity index (χ0n) is 19.5. The fourth-order valence-electron chi connectivity index (χ4n) is 4.33. The minimum absolute atomic E-state index is 0.833. The molecule has 1 heterocycles. The van der Waals surface area contributed by atoms with Crippen molar-refractivity contribution in [3.8, 4) is 0 Å². The van der Waals surface area contributed by atoms with E-state index >= 15 is 0 Å². The second-order valence-electron chi connectivity index (χ2n) is 8.32. The van der Waals surface area contributed by atoms with Crippen molar-refractivity contribution in [2.75, 3.05) is 0 Å². The van der Waals surface area contributed by atoms with E-state index < -0.39 is 6.03 Å². The molecular formula is C28H34N4O. The number of nitrogens with zero attached hydrogens (tertiary/aromatic N) is 2. The van der Waals surface area contributed by atoms with Crippen molar-refractivity contribution in [3.63, 3.8) is 0 Å². The number of hydrogen-bond acceptors (Lipinski definition) is 3. The van der Waals surface area contributed by atoms with Crippen molar-refractivity contribution in [3.05, 3.63) is 83.9 Å². The van der Waals surface area contributed by atoms with Crippen LogP contribution in [0.1, 0.15) is 56.0 Å². The number of aromatic nitrogens is 2. The molecule has 5 rings (SSSR count). The van der Waals surface area contributed by atoms with E-state index in [1.54, 1.807) is 23.5 Å². The van der Waals surface area contributed by atoms with Gasteiger partial charge in [0.2, 0.25) is 0 Å². The van der Waals surface area contributed by atoms with Gasteiger partial charge in [-0.1, -0.05) is 68.3 Å². The molecule has 3 aromatic carbocycles. The molecule has 0 saturated carbocycles. The van der Waals surface area contributed by atoms with Gasteiger partial charge in [-0.05, 0) is 70.8 Å². The van der Waals surface area contributed by atoms with Crippen molar-refractivity contribution in [1.29, 1.82) is 0 Å². The molecule has 2 amide bonds. The predicted octanol–water partition coefficient (Wildman–Crippen LogP) is 6.10. The van der Waals surface area contributed by atoms with Gasteiger partial charge in [0.15, 0.2) is 0 Å². The van der Waals surface area contributed by atoms with Crippen molar-refractivity contribution < 1.29 is 4.79 Å². The van der Waals surface area contributed by atoms with Crippen LogP contribution in [0.5, 0.6) is 0 Å². The van der Waals surface area contributed by atoms with Gasteiger partial charge in [0.25, 0.3) is 0 Å². The van der Waals surface area contributed by atoms with Gasteiger partial charge in [-0.2, -0.15) is 0 Å². The molecule has 1 aromatic heterocycles. The summed E-state index contributed by atoms with van der Waals surface area (Å²) in [4.78, 5) is 17.3. The fourth-order valence-corrected chi connectivity index (χ4v) is 4.33. The van der Waals surface area contributed by atoms with Gasteiger partial charge in [0.1, 0.15) is 5.82 Å². The highest BCUT2D eigenvalue weighted by Gasteiger charge is 2.13. The van der Waals surface area contributed by atoms with Crippen LogP contribution in [0, 0.1) is 0 Å². The molecule has 1 aliphatic carbocycles. The second-order valence-corrected chi connectivity index (χ2v) is 8.32. The van der Waals surface area contributed by atoms with Crippen LogP contribution in [-0.4, -0.2) is 16.0 Å². The molecule has 4 aromatic rings. The quantitative estimate of drug-likeness (QED) is 0.295. The van der Waals surface area contributed by atoms with E-state index in [9.17, 15) is 0 Å². The lowest BCUT2D eigenvalue weighted by Crippen LogP contribution is -2.18. The molecular weight excluding hydrogens is 408 g/mol. The largest absolute Gasteiger partial charge is 0.352 e. The van der Waals surface area contributed by atoms with Crippen molar-refractivity contribution >= 4 is 27.6 Å². The van der Waals surface area contributed by atoms with Gasteiger partial charge in [0, 0.05) is 18.8 Å². The molecule has 0 aliphatic heterocycles. The predicted molar refractivity (Wildman–Crippen MR) is 137 cm³/mol. The van der Waals surface area contributed by atoms with Crippen LogP contribution in [0.15, 0.2) is 67.0 Å². The smallest absolute Gasteiger partial charge is 0.309 e. The van der Waals surface area contributed by atoms with Gasteiger partial charge in [0.05, 0.1) is 0 Å². The SMILES string of the molecule is CCCCCc1ncccn1.NC(N)=O.c1ccc2c(c1)ccc1c3c(ccc12)CCCC3.